The smallest absolute Gasteiger partial charge is 0.306 e. The molecule has 0 aromatic heterocycles. The van der Waals surface area contributed by atoms with Crippen molar-refractivity contribution in [3.8, 4) is 0 Å². The van der Waals surface area contributed by atoms with Gasteiger partial charge in [-0.2, -0.15) is 0 Å². The summed E-state index contributed by atoms with van der Waals surface area (Å²) in [6, 6.07) is 0. The predicted octanol–water partition coefficient (Wildman–Crippen LogP) is 2.87. The maximum atomic E-state index is 11.3. The van der Waals surface area contributed by atoms with Gasteiger partial charge in [0.25, 0.3) is 0 Å². The highest BCUT2D eigenvalue weighted by atomic mass is 16.5. The van der Waals surface area contributed by atoms with E-state index in [4.69, 9.17) is 9.47 Å². The first-order valence-corrected chi connectivity index (χ1v) is 6.52. The van der Waals surface area contributed by atoms with Crippen molar-refractivity contribution in [2.24, 2.45) is 5.92 Å². The summed E-state index contributed by atoms with van der Waals surface area (Å²) in [5.41, 5.74) is 0. The van der Waals surface area contributed by atoms with Crippen molar-refractivity contribution < 1.29 is 19.1 Å². The maximum absolute atomic E-state index is 11.3. The standard InChI is InChI=1S/C14H24O4/c1-4-5-6-7-10-17-13(15)8-9-14(16)18-11-12(2)3/h5-6,12H,4,7-11H2,1-3H3/b6-5+. The van der Waals surface area contributed by atoms with Gasteiger partial charge in [0.05, 0.1) is 26.1 Å². The van der Waals surface area contributed by atoms with Gasteiger partial charge in [-0.3, -0.25) is 9.59 Å². The van der Waals surface area contributed by atoms with Crippen molar-refractivity contribution in [2.75, 3.05) is 13.2 Å². The molecule has 104 valence electrons. The van der Waals surface area contributed by atoms with Crippen LogP contribution in [0.15, 0.2) is 12.2 Å². The van der Waals surface area contributed by atoms with Crippen LogP contribution in [0.4, 0.5) is 0 Å². The third kappa shape index (κ3) is 11.2. The van der Waals surface area contributed by atoms with E-state index < -0.39 is 0 Å². The van der Waals surface area contributed by atoms with Gasteiger partial charge in [-0.15, -0.1) is 0 Å². The molecule has 0 aromatic rings. The Bertz CT molecular complexity index is 269. The van der Waals surface area contributed by atoms with Crippen LogP contribution in [-0.4, -0.2) is 25.2 Å². The van der Waals surface area contributed by atoms with E-state index >= 15 is 0 Å². The molecule has 0 saturated carbocycles. The minimum absolute atomic E-state index is 0.0917. The Labute approximate surface area is 109 Å². The third-order valence-corrected chi connectivity index (χ3v) is 2.06. The van der Waals surface area contributed by atoms with E-state index in [-0.39, 0.29) is 24.8 Å². The van der Waals surface area contributed by atoms with E-state index in [0.717, 1.165) is 12.8 Å². The lowest BCUT2D eigenvalue weighted by molar-refractivity contribution is -0.150. The molecule has 0 radical (unpaired) electrons. The molecule has 0 aliphatic heterocycles. The summed E-state index contributed by atoms with van der Waals surface area (Å²) in [5, 5.41) is 0. The third-order valence-electron chi connectivity index (χ3n) is 2.06. The van der Waals surface area contributed by atoms with Crippen LogP contribution in [0.2, 0.25) is 0 Å². The van der Waals surface area contributed by atoms with Crippen LogP contribution in [0.3, 0.4) is 0 Å². The summed E-state index contributed by atoms with van der Waals surface area (Å²) in [6.07, 6.45) is 5.89. The van der Waals surface area contributed by atoms with Crippen molar-refractivity contribution in [3.63, 3.8) is 0 Å². The first kappa shape index (κ1) is 16.7. The normalized spacial score (nSPS) is 10.9. The van der Waals surface area contributed by atoms with Crippen LogP contribution in [0.5, 0.6) is 0 Å². The lowest BCUT2D eigenvalue weighted by atomic mass is 10.2. The van der Waals surface area contributed by atoms with Crippen LogP contribution in [-0.2, 0) is 19.1 Å². The van der Waals surface area contributed by atoms with Crippen molar-refractivity contribution in [3.05, 3.63) is 12.2 Å². The quantitative estimate of drug-likeness (QED) is 0.361. The number of ether oxygens (including phenoxy) is 2. The zero-order valence-electron chi connectivity index (χ0n) is 11.6. The maximum Gasteiger partial charge on any atom is 0.306 e. The Kier molecular flexibility index (Phi) is 10.0. The topological polar surface area (TPSA) is 52.6 Å². The van der Waals surface area contributed by atoms with E-state index in [9.17, 15) is 9.59 Å². The molecule has 4 heteroatoms. The molecule has 0 fully saturated rings. The average Bonchev–Trinajstić information content (AvgIpc) is 2.33. The lowest BCUT2D eigenvalue weighted by Crippen LogP contribution is -2.13. The van der Waals surface area contributed by atoms with Gasteiger partial charge < -0.3 is 9.47 Å². The van der Waals surface area contributed by atoms with Crippen molar-refractivity contribution >= 4 is 11.9 Å². The molecule has 0 N–H and O–H groups in total. The van der Waals surface area contributed by atoms with Crippen molar-refractivity contribution in [1.29, 1.82) is 0 Å². The Morgan fingerprint density at radius 3 is 2.22 bits per heavy atom. The highest BCUT2D eigenvalue weighted by Crippen LogP contribution is 2.00. The number of esters is 2. The molecule has 0 aliphatic carbocycles. The van der Waals surface area contributed by atoms with E-state index in [1.165, 1.54) is 0 Å². The molecule has 0 rings (SSSR count). The van der Waals surface area contributed by atoms with Gasteiger partial charge in [0.1, 0.15) is 0 Å². The Morgan fingerprint density at radius 1 is 1.06 bits per heavy atom. The van der Waals surface area contributed by atoms with Gasteiger partial charge in [-0.1, -0.05) is 32.9 Å². The van der Waals surface area contributed by atoms with Gasteiger partial charge in [0.2, 0.25) is 0 Å². The Balaban J connectivity index is 3.52. The monoisotopic (exact) mass is 256 g/mol. The van der Waals surface area contributed by atoms with Crippen molar-refractivity contribution in [2.45, 2.75) is 46.5 Å². The SMILES string of the molecule is CC/C=C/CCOC(=O)CCC(=O)OCC(C)C. The van der Waals surface area contributed by atoms with Crippen molar-refractivity contribution in [1.82, 2.24) is 0 Å². The minimum atomic E-state index is -0.346. The van der Waals surface area contributed by atoms with Gasteiger partial charge in [0, 0.05) is 0 Å². The lowest BCUT2D eigenvalue weighted by Gasteiger charge is -2.06. The first-order chi connectivity index (χ1) is 8.56. The molecule has 0 bridgehead atoms. The number of carbonyl (C=O) groups excluding carboxylic acids is 2. The zero-order valence-corrected chi connectivity index (χ0v) is 11.6. The fraction of sp³-hybridized carbons (Fsp3) is 0.714. The largest absolute Gasteiger partial charge is 0.465 e. The van der Waals surface area contributed by atoms with E-state index in [0.29, 0.717) is 19.1 Å². The Morgan fingerprint density at radius 2 is 1.67 bits per heavy atom. The number of rotatable bonds is 9. The zero-order chi connectivity index (χ0) is 13.8. The van der Waals surface area contributed by atoms with Crippen LogP contribution in [0, 0.1) is 5.92 Å². The number of hydrogen-bond donors (Lipinski definition) is 0. The van der Waals surface area contributed by atoms with Gasteiger partial charge in [-0.25, -0.2) is 0 Å². The summed E-state index contributed by atoms with van der Waals surface area (Å²) in [6.45, 7) is 6.74. The molecule has 0 aliphatic rings. The second-order valence-corrected chi connectivity index (χ2v) is 4.47. The van der Waals surface area contributed by atoms with E-state index in [1.807, 2.05) is 32.9 Å². The molecule has 0 spiro atoms. The van der Waals surface area contributed by atoms with Gasteiger partial charge in [-0.05, 0) is 18.8 Å². The molecular weight excluding hydrogens is 232 g/mol. The summed E-state index contributed by atoms with van der Waals surface area (Å²) in [4.78, 5) is 22.5. The highest BCUT2D eigenvalue weighted by Gasteiger charge is 2.09. The molecule has 0 amide bonds. The summed E-state index contributed by atoms with van der Waals surface area (Å²) >= 11 is 0. The first-order valence-electron chi connectivity index (χ1n) is 6.52. The second-order valence-electron chi connectivity index (χ2n) is 4.47. The fourth-order valence-electron chi connectivity index (χ4n) is 1.13. The molecule has 0 unspecified atom stereocenters. The molecular formula is C14H24O4. The predicted molar refractivity (Wildman–Crippen MR) is 70.0 cm³/mol. The summed E-state index contributed by atoms with van der Waals surface area (Å²) in [5.74, 6) is -0.376. The summed E-state index contributed by atoms with van der Waals surface area (Å²) < 4.78 is 9.92. The van der Waals surface area contributed by atoms with E-state index in [1.54, 1.807) is 0 Å². The van der Waals surface area contributed by atoms with Crippen LogP contribution in [0.25, 0.3) is 0 Å². The van der Waals surface area contributed by atoms with Gasteiger partial charge >= 0.3 is 11.9 Å². The minimum Gasteiger partial charge on any atom is -0.465 e. The fourth-order valence-corrected chi connectivity index (χ4v) is 1.13. The molecule has 18 heavy (non-hydrogen) atoms. The molecule has 0 aromatic carbocycles. The Hall–Kier alpha value is -1.32. The van der Waals surface area contributed by atoms with E-state index in [2.05, 4.69) is 0 Å². The molecule has 0 atom stereocenters. The molecule has 0 saturated heterocycles. The second kappa shape index (κ2) is 10.8. The van der Waals surface area contributed by atoms with Crippen LogP contribution in [0.1, 0.15) is 46.5 Å². The average molecular weight is 256 g/mol. The molecule has 4 nitrogen and oxygen atoms in total. The van der Waals surface area contributed by atoms with Crippen LogP contribution < -0.4 is 0 Å². The summed E-state index contributed by atoms with van der Waals surface area (Å²) in [7, 11) is 0. The van der Waals surface area contributed by atoms with Crippen LogP contribution >= 0.6 is 0 Å². The number of hydrogen-bond acceptors (Lipinski definition) is 4. The number of allylic oxidation sites excluding steroid dienone is 1. The van der Waals surface area contributed by atoms with Gasteiger partial charge in [0.15, 0.2) is 0 Å². The number of carbonyl (C=O) groups is 2. The molecule has 0 heterocycles. The highest BCUT2D eigenvalue weighted by molar-refractivity contribution is 5.77.